The zero-order valence-electron chi connectivity index (χ0n) is 5.59. The molecule has 8 heavy (non-hydrogen) atoms. The van der Waals surface area contributed by atoms with Gasteiger partial charge in [0, 0.05) is 12.4 Å². The van der Waals surface area contributed by atoms with Gasteiger partial charge in [0.1, 0.15) is 0 Å². The first-order valence-electron chi connectivity index (χ1n) is 2.90. The molecule has 0 aromatic rings. The normalized spacial score (nSPS) is 10.9. The van der Waals surface area contributed by atoms with Crippen molar-refractivity contribution in [2.24, 2.45) is 10.9 Å². The lowest BCUT2D eigenvalue weighted by atomic mass is 10.2. The fraction of sp³-hybridized carbons (Fsp3) is 0.571. The third-order valence-electron chi connectivity index (χ3n) is 0.788. The Hall–Kier alpha value is -0.590. The average molecular weight is 111 g/mol. The van der Waals surface area contributed by atoms with Crippen LogP contribution < -0.4 is 0 Å². The molecule has 46 valence electrons. The topological polar surface area (TPSA) is 12.4 Å². The van der Waals surface area contributed by atoms with E-state index in [1.807, 2.05) is 6.21 Å². The van der Waals surface area contributed by atoms with Crippen molar-refractivity contribution >= 4 is 6.21 Å². The number of aliphatic imine (C=N–C) groups is 1. The smallest absolute Gasteiger partial charge is 0.0191 e. The Labute approximate surface area is 51.1 Å². The van der Waals surface area contributed by atoms with Gasteiger partial charge in [0.2, 0.25) is 0 Å². The van der Waals surface area contributed by atoms with Crippen molar-refractivity contribution in [2.75, 3.05) is 0 Å². The summed E-state index contributed by atoms with van der Waals surface area (Å²) in [5.41, 5.74) is 0. The Morgan fingerprint density at radius 2 is 2.25 bits per heavy atom. The highest BCUT2D eigenvalue weighted by atomic mass is 14.6. The molecule has 0 unspecified atom stereocenters. The molecule has 0 spiro atoms. The molecule has 0 heterocycles. The van der Waals surface area contributed by atoms with Crippen LogP contribution in [-0.4, -0.2) is 6.21 Å². The maximum atomic E-state index is 3.85. The summed E-state index contributed by atoms with van der Waals surface area (Å²) in [5, 5.41) is 0. The van der Waals surface area contributed by atoms with Gasteiger partial charge < -0.3 is 0 Å². The summed E-state index contributed by atoms with van der Waals surface area (Å²) in [4.78, 5) is 3.85. The molecule has 0 rings (SSSR count). The van der Waals surface area contributed by atoms with E-state index in [4.69, 9.17) is 0 Å². The van der Waals surface area contributed by atoms with Crippen LogP contribution in [0.15, 0.2) is 17.8 Å². The Bertz CT molecular complexity index is 82.4. The number of hydrogen-bond acceptors (Lipinski definition) is 1. The standard InChI is InChI=1S/C7H13N/c1-4-8-6-5-7(2)3/h4,6-7H,1,5H2,2-3H3/b8-6+. The second kappa shape index (κ2) is 4.57. The molecule has 0 aromatic heterocycles. The average Bonchev–Trinajstić information content (AvgIpc) is 1.66. The van der Waals surface area contributed by atoms with E-state index in [1.165, 1.54) is 0 Å². The lowest BCUT2D eigenvalue weighted by Crippen LogP contribution is -1.85. The fourth-order valence-electron chi connectivity index (χ4n) is 0.346. The van der Waals surface area contributed by atoms with Crippen LogP contribution >= 0.6 is 0 Å². The third kappa shape index (κ3) is 5.41. The minimum Gasteiger partial charge on any atom is -0.270 e. The molecule has 1 heteroatoms. The first kappa shape index (κ1) is 7.41. The van der Waals surface area contributed by atoms with Crippen LogP contribution in [0.3, 0.4) is 0 Å². The molecule has 0 saturated carbocycles. The highest BCUT2D eigenvalue weighted by Gasteiger charge is 1.85. The minimum atomic E-state index is 0.707. The van der Waals surface area contributed by atoms with E-state index in [-0.39, 0.29) is 0 Å². The van der Waals surface area contributed by atoms with Crippen LogP contribution in [0.2, 0.25) is 0 Å². The first-order valence-corrected chi connectivity index (χ1v) is 2.90. The van der Waals surface area contributed by atoms with Crippen LogP contribution in [-0.2, 0) is 0 Å². The van der Waals surface area contributed by atoms with Crippen LogP contribution in [0.5, 0.6) is 0 Å². The number of rotatable bonds is 3. The van der Waals surface area contributed by atoms with Gasteiger partial charge in [-0.15, -0.1) is 0 Å². The van der Waals surface area contributed by atoms with Gasteiger partial charge in [-0.1, -0.05) is 20.4 Å². The van der Waals surface area contributed by atoms with Gasteiger partial charge in [0.25, 0.3) is 0 Å². The molecule has 0 amide bonds. The fourth-order valence-corrected chi connectivity index (χ4v) is 0.346. The quantitative estimate of drug-likeness (QED) is 0.495. The Balaban J connectivity index is 3.15. The summed E-state index contributed by atoms with van der Waals surface area (Å²) in [6, 6.07) is 0. The lowest BCUT2D eigenvalue weighted by Gasteiger charge is -1.93. The highest BCUT2D eigenvalue weighted by Crippen LogP contribution is 1.94. The van der Waals surface area contributed by atoms with Crippen molar-refractivity contribution in [1.29, 1.82) is 0 Å². The van der Waals surface area contributed by atoms with E-state index in [0.29, 0.717) is 5.92 Å². The molecule has 0 aliphatic rings. The van der Waals surface area contributed by atoms with E-state index < -0.39 is 0 Å². The zero-order chi connectivity index (χ0) is 6.41. The molecular formula is C7H13N. The second-order valence-electron chi connectivity index (χ2n) is 2.14. The molecule has 0 aliphatic heterocycles. The van der Waals surface area contributed by atoms with Gasteiger partial charge >= 0.3 is 0 Å². The van der Waals surface area contributed by atoms with E-state index >= 15 is 0 Å². The Morgan fingerprint density at radius 3 is 2.62 bits per heavy atom. The molecule has 0 radical (unpaired) electrons. The van der Waals surface area contributed by atoms with Crippen LogP contribution in [0.25, 0.3) is 0 Å². The molecular weight excluding hydrogens is 98.1 g/mol. The van der Waals surface area contributed by atoms with Gasteiger partial charge in [-0.05, 0) is 12.3 Å². The van der Waals surface area contributed by atoms with Crippen molar-refractivity contribution in [2.45, 2.75) is 20.3 Å². The van der Waals surface area contributed by atoms with Crippen LogP contribution in [0.4, 0.5) is 0 Å². The highest BCUT2D eigenvalue weighted by molar-refractivity contribution is 5.58. The van der Waals surface area contributed by atoms with E-state index in [1.54, 1.807) is 6.20 Å². The summed E-state index contributed by atoms with van der Waals surface area (Å²) < 4.78 is 0. The van der Waals surface area contributed by atoms with Crippen molar-refractivity contribution in [1.82, 2.24) is 0 Å². The zero-order valence-corrected chi connectivity index (χ0v) is 5.59. The third-order valence-corrected chi connectivity index (χ3v) is 0.788. The number of hydrogen-bond donors (Lipinski definition) is 0. The van der Waals surface area contributed by atoms with Gasteiger partial charge in [0.15, 0.2) is 0 Å². The SMILES string of the molecule is C=C/N=C/CC(C)C. The molecule has 0 saturated heterocycles. The molecule has 1 nitrogen and oxygen atoms in total. The predicted octanol–water partition coefficient (Wildman–Crippen LogP) is 2.25. The molecule has 0 bridgehead atoms. The van der Waals surface area contributed by atoms with Gasteiger partial charge in [-0.2, -0.15) is 0 Å². The summed E-state index contributed by atoms with van der Waals surface area (Å²) in [6.45, 7) is 7.78. The molecule has 0 fully saturated rings. The summed E-state index contributed by atoms with van der Waals surface area (Å²) >= 11 is 0. The van der Waals surface area contributed by atoms with Crippen molar-refractivity contribution in [3.05, 3.63) is 12.8 Å². The molecule has 0 aromatic carbocycles. The summed E-state index contributed by atoms with van der Waals surface area (Å²) in [6.07, 6.45) is 4.49. The van der Waals surface area contributed by atoms with Gasteiger partial charge in [-0.3, -0.25) is 4.99 Å². The molecule has 0 aliphatic carbocycles. The van der Waals surface area contributed by atoms with Gasteiger partial charge in [0.05, 0.1) is 0 Å². The lowest BCUT2D eigenvalue weighted by molar-refractivity contribution is 0.690. The predicted molar refractivity (Wildman–Crippen MR) is 38.1 cm³/mol. The van der Waals surface area contributed by atoms with Crippen LogP contribution in [0.1, 0.15) is 20.3 Å². The first-order chi connectivity index (χ1) is 3.77. The van der Waals surface area contributed by atoms with Crippen LogP contribution in [0, 0.1) is 5.92 Å². The van der Waals surface area contributed by atoms with E-state index in [0.717, 1.165) is 6.42 Å². The molecule has 0 atom stereocenters. The maximum absolute atomic E-state index is 3.85. The molecule has 0 N–H and O–H groups in total. The minimum absolute atomic E-state index is 0.707. The second-order valence-corrected chi connectivity index (χ2v) is 2.14. The van der Waals surface area contributed by atoms with Gasteiger partial charge in [-0.25, -0.2) is 0 Å². The van der Waals surface area contributed by atoms with E-state index in [9.17, 15) is 0 Å². The number of nitrogens with zero attached hydrogens (tertiary/aromatic N) is 1. The Kier molecular flexibility index (Phi) is 4.23. The van der Waals surface area contributed by atoms with Crippen molar-refractivity contribution in [3.8, 4) is 0 Å². The van der Waals surface area contributed by atoms with E-state index in [2.05, 4.69) is 25.4 Å². The summed E-state index contributed by atoms with van der Waals surface area (Å²) in [7, 11) is 0. The largest absolute Gasteiger partial charge is 0.270 e. The Morgan fingerprint density at radius 1 is 1.62 bits per heavy atom. The maximum Gasteiger partial charge on any atom is 0.0191 e. The monoisotopic (exact) mass is 111 g/mol. The van der Waals surface area contributed by atoms with Crippen molar-refractivity contribution in [3.63, 3.8) is 0 Å². The summed E-state index contributed by atoms with van der Waals surface area (Å²) in [5.74, 6) is 0.707. The van der Waals surface area contributed by atoms with Crippen molar-refractivity contribution < 1.29 is 0 Å².